The lowest BCUT2D eigenvalue weighted by molar-refractivity contribution is -0.119. The average Bonchev–Trinajstić information content (AvgIpc) is 3.31. The number of hydrogen-bond donors (Lipinski definition) is 0. The van der Waals surface area contributed by atoms with Crippen LogP contribution in [0.4, 0.5) is 5.69 Å². The third kappa shape index (κ3) is 2.86. The molecule has 0 N–H and O–H groups in total. The van der Waals surface area contributed by atoms with E-state index in [1.165, 1.54) is 29.7 Å². The molecule has 2 nitrogen and oxygen atoms in total. The lowest BCUT2D eigenvalue weighted by atomic mass is 9.88. The van der Waals surface area contributed by atoms with Crippen molar-refractivity contribution in [3.63, 3.8) is 0 Å². The van der Waals surface area contributed by atoms with Gasteiger partial charge in [0.2, 0.25) is 5.91 Å². The first kappa shape index (κ1) is 14.6. The third-order valence-corrected chi connectivity index (χ3v) is 5.13. The molecule has 1 aromatic rings. The van der Waals surface area contributed by atoms with Crippen LogP contribution in [0.15, 0.2) is 18.2 Å². The highest BCUT2D eigenvalue weighted by atomic mass is 16.2. The molecule has 0 aromatic heterocycles. The summed E-state index contributed by atoms with van der Waals surface area (Å²) in [7, 11) is 0. The molecule has 0 spiro atoms. The number of carbonyl (C=O) groups excluding carboxylic acids is 1. The Kier molecular flexibility index (Phi) is 4.05. The SMILES string of the molecule is CC(C)c1cccc(C(C)C2CC2)c1N1CCCCC1=O. The van der Waals surface area contributed by atoms with Gasteiger partial charge in [-0.15, -0.1) is 0 Å². The molecule has 1 aromatic carbocycles. The number of anilines is 1. The Morgan fingerprint density at radius 1 is 1.10 bits per heavy atom. The van der Waals surface area contributed by atoms with Crippen molar-refractivity contribution in [3.8, 4) is 0 Å². The molecular formula is C19H27NO. The molecule has 3 rings (SSSR count). The summed E-state index contributed by atoms with van der Waals surface area (Å²) in [5, 5.41) is 0. The molecule has 2 fully saturated rings. The van der Waals surface area contributed by atoms with Crippen LogP contribution in [0.1, 0.15) is 75.8 Å². The molecule has 2 heteroatoms. The van der Waals surface area contributed by atoms with Gasteiger partial charge in [0.25, 0.3) is 0 Å². The maximum Gasteiger partial charge on any atom is 0.226 e. The van der Waals surface area contributed by atoms with Gasteiger partial charge in [0.15, 0.2) is 0 Å². The van der Waals surface area contributed by atoms with Crippen molar-refractivity contribution in [1.82, 2.24) is 0 Å². The van der Waals surface area contributed by atoms with Gasteiger partial charge in [0.05, 0.1) is 5.69 Å². The molecule has 1 unspecified atom stereocenters. The molecule has 1 saturated carbocycles. The summed E-state index contributed by atoms with van der Waals surface area (Å²) in [6.07, 6.45) is 5.59. The van der Waals surface area contributed by atoms with Gasteiger partial charge in [-0.05, 0) is 54.6 Å². The van der Waals surface area contributed by atoms with Crippen LogP contribution in [0, 0.1) is 5.92 Å². The number of benzene rings is 1. The molecule has 1 saturated heterocycles. The lowest BCUT2D eigenvalue weighted by Crippen LogP contribution is -2.37. The van der Waals surface area contributed by atoms with Gasteiger partial charge in [-0.1, -0.05) is 39.0 Å². The molecule has 1 aliphatic heterocycles. The Hall–Kier alpha value is -1.31. The Balaban J connectivity index is 2.06. The summed E-state index contributed by atoms with van der Waals surface area (Å²) < 4.78 is 0. The zero-order chi connectivity index (χ0) is 15.0. The van der Waals surface area contributed by atoms with Crippen molar-refractivity contribution in [1.29, 1.82) is 0 Å². The summed E-state index contributed by atoms with van der Waals surface area (Å²) in [5.41, 5.74) is 3.99. The predicted octanol–water partition coefficient (Wildman–Crippen LogP) is 4.84. The van der Waals surface area contributed by atoms with Crippen molar-refractivity contribution in [2.75, 3.05) is 11.4 Å². The van der Waals surface area contributed by atoms with E-state index in [2.05, 4.69) is 43.9 Å². The summed E-state index contributed by atoms with van der Waals surface area (Å²) in [4.78, 5) is 14.5. The fourth-order valence-corrected chi connectivity index (χ4v) is 3.62. The van der Waals surface area contributed by atoms with Crippen LogP contribution >= 0.6 is 0 Å². The summed E-state index contributed by atoms with van der Waals surface area (Å²) in [6, 6.07) is 6.65. The van der Waals surface area contributed by atoms with E-state index in [1.54, 1.807) is 0 Å². The second-order valence-corrected chi connectivity index (χ2v) is 7.07. The van der Waals surface area contributed by atoms with Gasteiger partial charge in [0.1, 0.15) is 0 Å². The molecule has 1 heterocycles. The van der Waals surface area contributed by atoms with E-state index in [9.17, 15) is 4.79 Å². The van der Waals surface area contributed by atoms with Gasteiger partial charge in [0, 0.05) is 13.0 Å². The van der Waals surface area contributed by atoms with E-state index in [0.717, 1.165) is 25.3 Å². The molecule has 2 aliphatic rings. The van der Waals surface area contributed by atoms with Gasteiger partial charge >= 0.3 is 0 Å². The molecule has 1 atom stereocenters. The van der Waals surface area contributed by atoms with Gasteiger partial charge in [-0.25, -0.2) is 0 Å². The minimum Gasteiger partial charge on any atom is -0.312 e. The lowest BCUT2D eigenvalue weighted by Gasteiger charge is -2.33. The van der Waals surface area contributed by atoms with Crippen molar-refractivity contribution in [3.05, 3.63) is 29.3 Å². The molecule has 0 bridgehead atoms. The highest BCUT2D eigenvalue weighted by molar-refractivity contribution is 5.95. The van der Waals surface area contributed by atoms with Gasteiger partial charge < -0.3 is 4.90 Å². The van der Waals surface area contributed by atoms with Gasteiger partial charge in [-0.3, -0.25) is 4.79 Å². The normalized spacial score (nSPS) is 21.0. The fourth-order valence-electron chi connectivity index (χ4n) is 3.62. The van der Waals surface area contributed by atoms with E-state index in [-0.39, 0.29) is 0 Å². The predicted molar refractivity (Wildman–Crippen MR) is 87.9 cm³/mol. The molecule has 0 radical (unpaired) electrons. The van der Waals surface area contributed by atoms with Crippen LogP contribution in [-0.4, -0.2) is 12.5 Å². The number of carbonyl (C=O) groups is 1. The van der Waals surface area contributed by atoms with Crippen molar-refractivity contribution >= 4 is 11.6 Å². The standard InChI is InChI=1S/C19H27NO/c1-13(2)16-7-6-8-17(14(3)15-10-11-15)19(16)20-12-5-4-9-18(20)21/h6-8,13-15H,4-5,9-12H2,1-3H3. The molecule has 1 aliphatic carbocycles. The summed E-state index contributed by atoms with van der Waals surface area (Å²) in [5.74, 6) is 2.18. The van der Waals surface area contributed by atoms with Gasteiger partial charge in [-0.2, -0.15) is 0 Å². The highest BCUT2D eigenvalue weighted by Gasteiger charge is 2.33. The Bertz CT molecular complexity index is 530. The minimum atomic E-state index is 0.318. The number of para-hydroxylation sites is 1. The first-order chi connectivity index (χ1) is 10.1. The average molecular weight is 285 g/mol. The zero-order valence-corrected chi connectivity index (χ0v) is 13.6. The summed E-state index contributed by atoms with van der Waals surface area (Å²) in [6.45, 7) is 7.71. The summed E-state index contributed by atoms with van der Waals surface area (Å²) >= 11 is 0. The van der Waals surface area contributed by atoms with E-state index >= 15 is 0 Å². The van der Waals surface area contributed by atoms with Crippen LogP contribution in [0.2, 0.25) is 0 Å². The van der Waals surface area contributed by atoms with Crippen molar-refractivity contribution in [2.24, 2.45) is 5.92 Å². The molecule has 21 heavy (non-hydrogen) atoms. The van der Waals surface area contributed by atoms with Crippen LogP contribution in [-0.2, 0) is 4.79 Å². The minimum absolute atomic E-state index is 0.318. The topological polar surface area (TPSA) is 20.3 Å². The van der Waals surface area contributed by atoms with E-state index in [0.29, 0.717) is 24.2 Å². The van der Waals surface area contributed by atoms with Crippen LogP contribution < -0.4 is 4.90 Å². The third-order valence-electron chi connectivity index (χ3n) is 5.13. The number of hydrogen-bond acceptors (Lipinski definition) is 1. The number of rotatable bonds is 4. The quantitative estimate of drug-likeness (QED) is 0.775. The van der Waals surface area contributed by atoms with E-state index in [1.807, 2.05) is 0 Å². The largest absolute Gasteiger partial charge is 0.312 e. The molecule has 114 valence electrons. The molecule has 1 amide bonds. The first-order valence-corrected chi connectivity index (χ1v) is 8.52. The molecular weight excluding hydrogens is 258 g/mol. The maximum atomic E-state index is 12.5. The number of amides is 1. The monoisotopic (exact) mass is 285 g/mol. The Morgan fingerprint density at radius 2 is 1.81 bits per heavy atom. The fraction of sp³-hybridized carbons (Fsp3) is 0.632. The maximum absolute atomic E-state index is 12.5. The van der Waals surface area contributed by atoms with E-state index < -0.39 is 0 Å². The van der Waals surface area contributed by atoms with Crippen LogP contribution in [0.3, 0.4) is 0 Å². The van der Waals surface area contributed by atoms with E-state index in [4.69, 9.17) is 0 Å². The second kappa shape index (κ2) is 5.82. The van der Waals surface area contributed by atoms with Crippen LogP contribution in [0.5, 0.6) is 0 Å². The Labute approximate surface area is 128 Å². The van der Waals surface area contributed by atoms with Crippen molar-refractivity contribution in [2.45, 2.75) is 64.7 Å². The van der Waals surface area contributed by atoms with Crippen LogP contribution in [0.25, 0.3) is 0 Å². The zero-order valence-electron chi connectivity index (χ0n) is 13.6. The smallest absolute Gasteiger partial charge is 0.226 e. The highest BCUT2D eigenvalue weighted by Crippen LogP contribution is 2.47. The number of piperidine rings is 1. The first-order valence-electron chi connectivity index (χ1n) is 8.52. The van der Waals surface area contributed by atoms with Crippen molar-refractivity contribution < 1.29 is 4.79 Å². The second-order valence-electron chi connectivity index (χ2n) is 7.07. The Morgan fingerprint density at radius 3 is 2.43 bits per heavy atom. The number of nitrogens with zero attached hydrogens (tertiary/aromatic N) is 1.